The smallest absolute Gasteiger partial charge is 0.201 e. The monoisotopic (exact) mass is 523 g/mol. The normalized spacial score (nSPS) is 21.5. The maximum atomic E-state index is 14.0. The molecule has 1 saturated carbocycles. The molecule has 0 N–H and O–H groups in total. The number of carbonyl (C=O) groups excluding carboxylic acids is 1. The lowest BCUT2D eigenvalue weighted by Gasteiger charge is -2.43. The average molecular weight is 524 g/mol. The molecule has 3 aromatic heterocycles. The first-order valence-electron chi connectivity index (χ1n) is 11.5. The molecule has 184 valence electrons. The second kappa shape index (κ2) is 8.31. The summed E-state index contributed by atoms with van der Waals surface area (Å²) in [6.07, 6.45) is 8.12. The number of Topliss-reactive ketones (excluding diaryl/α,β-unsaturated/α-hetero) is 1. The predicted molar refractivity (Wildman–Crippen MR) is 132 cm³/mol. The van der Waals surface area contributed by atoms with Crippen molar-refractivity contribution in [3.05, 3.63) is 82.0 Å². The Balaban J connectivity index is 1.45. The van der Waals surface area contributed by atoms with E-state index in [0.29, 0.717) is 24.3 Å². The van der Waals surface area contributed by atoms with E-state index in [9.17, 15) is 17.6 Å². The number of thiazole rings is 1. The van der Waals surface area contributed by atoms with Crippen LogP contribution >= 0.6 is 11.3 Å². The summed E-state index contributed by atoms with van der Waals surface area (Å²) in [4.78, 5) is 19.5. The van der Waals surface area contributed by atoms with E-state index < -0.39 is 20.5 Å². The number of rotatable bonds is 5. The van der Waals surface area contributed by atoms with Crippen LogP contribution in [0.5, 0.6) is 0 Å². The van der Waals surface area contributed by atoms with Gasteiger partial charge in [0, 0.05) is 36.2 Å². The van der Waals surface area contributed by atoms with Gasteiger partial charge in [0.05, 0.1) is 16.9 Å². The Bertz CT molecular complexity index is 1600. The fourth-order valence-electron chi connectivity index (χ4n) is 5.44. The van der Waals surface area contributed by atoms with Gasteiger partial charge in [-0.15, -0.1) is 16.4 Å². The molecule has 0 aliphatic heterocycles. The molecule has 1 fully saturated rings. The average Bonchev–Trinajstić information content (AvgIpc) is 3.63. The maximum absolute atomic E-state index is 14.0. The van der Waals surface area contributed by atoms with Crippen LogP contribution in [0.25, 0.3) is 11.8 Å². The second-order valence-electron chi connectivity index (χ2n) is 9.25. The van der Waals surface area contributed by atoms with Crippen molar-refractivity contribution in [1.29, 1.82) is 0 Å². The molecule has 2 atom stereocenters. The summed E-state index contributed by atoms with van der Waals surface area (Å²) in [6, 6.07) is 8.19. The minimum atomic E-state index is -3.78. The van der Waals surface area contributed by atoms with Gasteiger partial charge in [-0.1, -0.05) is 5.57 Å². The molecule has 0 unspecified atom stereocenters. The summed E-state index contributed by atoms with van der Waals surface area (Å²) < 4.78 is 42.5. The van der Waals surface area contributed by atoms with Crippen LogP contribution in [0.4, 0.5) is 4.39 Å². The van der Waals surface area contributed by atoms with Crippen molar-refractivity contribution in [2.45, 2.75) is 36.0 Å². The van der Waals surface area contributed by atoms with E-state index in [1.165, 1.54) is 34.5 Å². The number of fused-ring (bicyclic) bond motifs is 2. The number of aryl methyl sites for hydroxylation is 1. The van der Waals surface area contributed by atoms with Crippen LogP contribution in [0.3, 0.4) is 0 Å². The molecule has 2 aliphatic carbocycles. The van der Waals surface area contributed by atoms with Crippen LogP contribution in [0.15, 0.2) is 64.9 Å². The van der Waals surface area contributed by atoms with Crippen LogP contribution < -0.4 is 0 Å². The highest BCUT2D eigenvalue weighted by Gasteiger charge is 2.52. The highest BCUT2D eigenvalue weighted by Crippen LogP contribution is 2.52. The number of ketones is 1. The van der Waals surface area contributed by atoms with Gasteiger partial charge in [-0.05, 0) is 67.7 Å². The summed E-state index contributed by atoms with van der Waals surface area (Å²) in [5.74, 6) is -0.461. The fourth-order valence-corrected chi connectivity index (χ4v) is 7.81. The van der Waals surface area contributed by atoms with Crippen molar-refractivity contribution >= 4 is 33.0 Å². The molecular weight excluding hydrogens is 501 g/mol. The quantitative estimate of drug-likeness (QED) is 0.366. The maximum Gasteiger partial charge on any atom is 0.201 e. The van der Waals surface area contributed by atoms with Gasteiger partial charge in [-0.3, -0.25) is 4.79 Å². The molecule has 0 bridgehead atoms. The summed E-state index contributed by atoms with van der Waals surface area (Å²) in [5, 5.41) is 9.26. The topological polar surface area (TPSA) is 99.7 Å². The molecular formula is C25H22FN5O3S2. The number of carbonyl (C=O) groups is 1. The molecule has 1 aromatic carbocycles. The van der Waals surface area contributed by atoms with Gasteiger partial charge in [0.1, 0.15) is 5.82 Å². The van der Waals surface area contributed by atoms with Crippen LogP contribution in [-0.2, 0) is 23.3 Å². The minimum absolute atomic E-state index is 0.0711. The number of nitrogens with zero attached hydrogens (tertiary/aromatic N) is 5. The fraction of sp³-hybridized carbons (Fsp3) is 0.280. The largest absolute Gasteiger partial charge is 0.317 e. The summed E-state index contributed by atoms with van der Waals surface area (Å²) in [5.41, 5.74) is 2.56. The molecule has 0 spiro atoms. The number of allylic oxidation sites excluding steroid dienone is 1. The SMILES string of the molecule is Cn1ncc(S(=O)(=O)[C@H]2CCC3=Cc4c(ccn4-c4ccc(F)cc4)C[C@]3(C(=O)c3nccs3)C2)n1. The standard InChI is InChI=1S/C25H22FN5O3S2/c1-30-28-15-22(29-30)36(33,34)20-7-2-17-12-21-16(8-10-31(21)19-5-3-18(26)4-6-19)13-25(17,14-20)23(32)24-27-9-11-35-24/h3-6,8-12,15,20H,2,7,13-14H2,1H3/t20-,25-/m0/s1. The zero-order valence-electron chi connectivity index (χ0n) is 19.3. The third-order valence-corrected chi connectivity index (χ3v) is 10.0. The molecule has 0 saturated heterocycles. The Hall–Kier alpha value is -3.44. The van der Waals surface area contributed by atoms with Crippen molar-refractivity contribution in [3.63, 3.8) is 0 Å². The Morgan fingerprint density at radius 1 is 1.22 bits per heavy atom. The third kappa shape index (κ3) is 3.56. The summed E-state index contributed by atoms with van der Waals surface area (Å²) in [7, 11) is -2.21. The molecule has 4 aromatic rings. The number of benzene rings is 1. The Labute approximate surface area is 211 Å². The number of hydrogen-bond acceptors (Lipinski definition) is 7. The molecule has 6 rings (SSSR count). The van der Waals surface area contributed by atoms with Gasteiger partial charge >= 0.3 is 0 Å². The second-order valence-corrected chi connectivity index (χ2v) is 12.3. The van der Waals surface area contributed by atoms with Crippen LogP contribution in [-0.4, -0.2) is 44.0 Å². The lowest BCUT2D eigenvalue weighted by Crippen LogP contribution is -2.45. The van der Waals surface area contributed by atoms with Gasteiger partial charge in [0.2, 0.25) is 15.6 Å². The predicted octanol–water partition coefficient (Wildman–Crippen LogP) is 4.04. The van der Waals surface area contributed by atoms with E-state index >= 15 is 0 Å². The first-order valence-corrected chi connectivity index (χ1v) is 13.9. The Morgan fingerprint density at radius 3 is 2.72 bits per heavy atom. The van der Waals surface area contributed by atoms with Gasteiger partial charge in [0.25, 0.3) is 0 Å². The van der Waals surface area contributed by atoms with E-state index in [2.05, 4.69) is 15.2 Å². The first-order chi connectivity index (χ1) is 17.3. The van der Waals surface area contributed by atoms with Crippen molar-refractivity contribution in [2.75, 3.05) is 0 Å². The molecule has 0 amide bonds. The molecule has 11 heteroatoms. The Kier molecular flexibility index (Phi) is 5.31. The van der Waals surface area contributed by atoms with E-state index in [4.69, 9.17) is 0 Å². The van der Waals surface area contributed by atoms with E-state index in [-0.39, 0.29) is 23.0 Å². The lowest BCUT2D eigenvalue weighted by atomic mass is 9.62. The molecule has 36 heavy (non-hydrogen) atoms. The van der Waals surface area contributed by atoms with Crippen molar-refractivity contribution in [3.8, 4) is 5.69 Å². The number of sulfone groups is 1. The highest BCUT2D eigenvalue weighted by atomic mass is 32.2. The van der Waals surface area contributed by atoms with Crippen LogP contribution in [0.2, 0.25) is 0 Å². The molecule has 8 nitrogen and oxygen atoms in total. The van der Waals surface area contributed by atoms with E-state index in [1.807, 2.05) is 22.9 Å². The number of aromatic nitrogens is 5. The zero-order chi connectivity index (χ0) is 25.1. The van der Waals surface area contributed by atoms with Gasteiger partial charge in [-0.2, -0.15) is 9.90 Å². The van der Waals surface area contributed by atoms with Crippen molar-refractivity contribution in [1.82, 2.24) is 24.5 Å². The van der Waals surface area contributed by atoms with Crippen LogP contribution in [0.1, 0.15) is 40.3 Å². The van der Waals surface area contributed by atoms with Crippen molar-refractivity contribution in [2.24, 2.45) is 12.5 Å². The van der Waals surface area contributed by atoms with E-state index in [0.717, 1.165) is 22.5 Å². The minimum Gasteiger partial charge on any atom is -0.317 e. The lowest BCUT2D eigenvalue weighted by molar-refractivity contribution is 0.0802. The zero-order valence-corrected chi connectivity index (χ0v) is 21.0. The number of halogens is 1. The third-order valence-electron chi connectivity index (χ3n) is 7.22. The highest BCUT2D eigenvalue weighted by molar-refractivity contribution is 7.92. The Morgan fingerprint density at radius 2 is 2.03 bits per heavy atom. The molecule has 0 radical (unpaired) electrons. The van der Waals surface area contributed by atoms with Gasteiger partial charge in [-0.25, -0.2) is 17.8 Å². The summed E-state index contributed by atoms with van der Waals surface area (Å²) >= 11 is 1.26. The van der Waals surface area contributed by atoms with E-state index in [1.54, 1.807) is 30.8 Å². The first kappa shape index (κ1) is 23.0. The summed E-state index contributed by atoms with van der Waals surface area (Å²) in [6.45, 7) is 0. The van der Waals surface area contributed by atoms with Gasteiger partial charge in [0.15, 0.2) is 10.0 Å². The molecule has 2 aliphatic rings. The van der Waals surface area contributed by atoms with Crippen molar-refractivity contribution < 1.29 is 17.6 Å². The van der Waals surface area contributed by atoms with Crippen LogP contribution in [0, 0.1) is 11.2 Å². The van der Waals surface area contributed by atoms with Gasteiger partial charge < -0.3 is 4.57 Å². The number of hydrogen-bond donors (Lipinski definition) is 0. The molecule has 3 heterocycles.